The molecule has 5 nitrogen and oxygen atoms in total. The van der Waals surface area contributed by atoms with Crippen LogP contribution in [0.15, 0.2) is 4.47 Å². The molecule has 21 heavy (non-hydrogen) atoms. The second kappa shape index (κ2) is 6.77. The number of hydrogen-bond acceptors (Lipinski definition) is 4. The number of β-amino-alcohol motifs (C(OH)–C–C–N with tert-alkyl or cyclic N) is 1. The third-order valence-corrected chi connectivity index (χ3v) is 4.93. The van der Waals surface area contributed by atoms with E-state index in [1.54, 1.807) is 0 Å². The number of halogens is 1. The van der Waals surface area contributed by atoms with Gasteiger partial charge in [0.2, 0.25) is 0 Å². The molecule has 2 heterocycles. The molecular weight excluding hydrogens is 332 g/mol. The molecule has 0 aliphatic carbocycles. The van der Waals surface area contributed by atoms with Crippen molar-refractivity contribution in [1.29, 1.82) is 0 Å². The van der Waals surface area contributed by atoms with Gasteiger partial charge in [-0.3, -0.25) is 14.5 Å². The van der Waals surface area contributed by atoms with Gasteiger partial charge < -0.3 is 5.11 Å². The average molecular weight is 359 g/mol. The van der Waals surface area contributed by atoms with Crippen molar-refractivity contribution in [3.63, 3.8) is 0 Å². The maximum absolute atomic E-state index is 9.91. The van der Waals surface area contributed by atoms with E-state index >= 15 is 0 Å². The summed E-state index contributed by atoms with van der Waals surface area (Å²) in [5.74, 6) is 0. The number of aryl methyl sites for hydroxylation is 2. The van der Waals surface area contributed by atoms with Crippen molar-refractivity contribution in [3.05, 3.63) is 15.9 Å². The standard InChI is InChI=1S/C15H27BrN4O/c1-5-20-13(14(16)12(2)17-20)10-18-6-8-19(9-7-18)11-15(3,4)21/h21H,5-11H2,1-4H3. The van der Waals surface area contributed by atoms with Gasteiger partial charge in [-0.2, -0.15) is 5.10 Å². The Balaban J connectivity index is 1.92. The second-order valence-electron chi connectivity index (χ2n) is 6.53. The number of rotatable bonds is 5. The zero-order valence-electron chi connectivity index (χ0n) is 13.6. The van der Waals surface area contributed by atoms with Crippen molar-refractivity contribution in [3.8, 4) is 0 Å². The molecule has 1 saturated heterocycles. The van der Waals surface area contributed by atoms with Crippen LogP contribution in [0.25, 0.3) is 0 Å². The molecule has 1 N–H and O–H groups in total. The summed E-state index contributed by atoms with van der Waals surface area (Å²) in [6, 6.07) is 0. The van der Waals surface area contributed by atoms with Gasteiger partial charge >= 0.3 is 0 Å². The summed E-state index contributed by atoms with van der Waals surface area (Å²) in [4.78, 5) is 4.81. The molecular formula is C15H27BrN4O. The summed E-state index contributed by atoms with van der Waals surface area (Å²) in [5, 5.41) is 14.5. The highest BCUT2D eigenvalue weighted by atomic mass is 79.9. The fraction of sp³-hybridized carbons (Fsp3) is 0.800. The lowest BCUT2D eigenvalue weighted by molar-refractivity contribution is 0.0163. The van der Waals surface area contributed by atoms with E-state index in [1.165, 1.54) is 5.69 Å². The maximum atomic E-state index is 9.91. The zero-order chi connectivity index (χ0) is 15.6. The minimum atomic E-state index is -0.608. The Kier molecular flexibility index (Phi) is 5.46. The first kappa shape index (κ1) is 16.9. The third kappa shape index (κ3) is 4.52. The van der Waals surface area contributed by atoms with Crippen molar-refractivity contribution in [2.24, 2.45) is 0 Å². The molecule has 0 spiro atoms. The van der Waals surface area contributed by atoms with Crippen LogP contribution in [0.5, 0.6) is 0 Å². The molecule has 1 aromatic heterocycles. The molecule has 0 aromatic carbocycles. The van der Waals surface area contributed by atoms with Crippen LogP contribution < -0.4 is 0 Å². The Morgan fingerprint density at radius 1 is 1.19 bits per heavy atom. The molecule has 0 bridgehead atoms. The van der Waals surface area contributed by atoms with E-state index in [0.717, 1.165) is 56.0 Å². The first-order chi connectivity index (χ1) is 9.80. The highest BCUT2D eigenvalue weighted by molar-refractivity contribution is 9.10. The first-order valence-corrected chi connectivity index (χ1v) is 8.48. The normalized spacial score (nSPS) is 18.4. The topological polar surface area (TPSA) is 44.5 Å². The van der Waals surface area contributed by atoms with Crippen LogP contribution in [0.2, 0.25) is 0 Å². The van der Waals surface area contributed by atoms with E-state index in [2.05, 4.69) is 42.4 Å². The van der Waals surface area contributed by atoms with E-state index in [4.69, 9.17) is 0 Å². The summed E-state index contributed by atoms with van der Waals surface area (Å²) in [5.41, 5.74) is 1.72. The average Bonchev–Trinajstić information content (AvgIpc) is 2.67. The Labute approximate surface area is 136 Å². The molecule has 0 radical (unpaired) electrons. The van der Waals surface area contributed by atoms with Crippen LogP contribution in [0.3, 0.4) is 0 Å². The monoisotopic (exact) mass is 358 g/mol. The van der Waals surface area contributed by atoms with E-state index in [1.807, 2.05) is 20.8 Å². The quantitative estimate of drug-likeness (QED) is 0.872. The fourth-order valence-corrected chi connectivity index (χ4v) is 3.29. The molecule has 1 aliphatic heterocycles. The first-order valence-electron chi connectivity index (χ1n) is 7.69. The minimum absolute atomic E-state index is 0.608. The molecule has 1 fully saturated rings. The molecule has 0 amide bonds. The fourth-order valence-electron chi connectivity index (χ4n) is 2.88. The Hall–Kier alpha value is -0.430. The molecule has 0 unspecified atom stereocenters. The molecule has 2 rings (SSSR count). The lowest BCUT2D eigenvalue weighted by Crippen LogP contribution is -2.50. The molecule has 6 heteroatoms. The number of nitrogens with zero attached hydrogens (tertiary/aromatic N) is 4. The highest BCUT2D eigenvalue weighted by Crippen LogP contribution is 2.23. The molecule has 0 saturated carbocycles. The Bertz CT molecular complexity index is 473. The summed E-state index contributed by atoms with van der Waals surface area (Å²) >= 11 is 3.67. The lowest BCUT2D eigenvalue weighted by Gasteiger charge is -2.37. The van der Waals surface area contributed by atoms with Crippen LogP contribution in [0.1, 0.15) is 32.2 Å². The summed E-state index contributed by atoms with van der Waals surface area (Å²) < 4.78 is 3.23. The number of aromatic nitrogens is 2. The van der Waals surface area contributed by atoms with Crippen molar-refractivity contribution in [2.75, 3.05) is 32.7 Å². The van der Waals surface area contributed by atoms with Crippen LogP contribution in [0, 0.1) is 6.92 Å². The summed E-state index contributed by atoms with van der Waals surface area (Å²) in [7, 11) is 0. The van der Waals surface area contributed by atoms with Crippen LogP contribution in [-0.2, 0) is 13.1 Å². The molecule has 0 atom stereocenters. The van der Waals surface area contributed by atoms with Gasteiger partial charge in [0, 0.05) is 45.8 Å². The van der Waals surface area contributed by atoms with Gasteiger partial charge in [-0.15, -0.1) is 0 Å². The zero-order valence-corrected chi connectivity index (χ0v) is 15.1. The van der Waals surface area contributed by atoms with Crippen LogP contribution >= 0.6 is 15.9 Å². The van der Waals surface area contributed by atoms with Gasteiger partial charge in [-0.05, 0) is 43.6 Å². The number of aliphatic hydroxyl groups is 1. The van der Waals surface area contributed by atoms with Gasteiger partial charge in [0.15, 0.2) is 0 Å². The summed E-state index contributed by atoms with van der Waals surface area (Å²) in [6.45, 7) is 14.6. The largest absolute Gasteiger partial charge is 0.389 e. The van der Waals surface area contributed by atoms with Gasteiger partial charge in [0.05, 0.1) is 21.5 Å². The van der Waals surface area contributed by atoms with Crippen molar-refractivity contribution in [1.82, 2.24) is 19.6 Å². The molecule has 1 aromatic rings. The van der Waals surface area contributed by atoms with Crippen LogP contribution in [0.4, 0.5) is 0 Å². The maximum Gasteiger partial charge on any atom is 0.0739 e. The van der Waals surface area contributed by atoms with Crippen molar-refractivity contribution < 1.29 is 5.11 Å². The Morgan fingerprint density at radius 3 is 2.29 bits per heavy atom. The number of hydrogen-bond donors (Lipinski definition) is 1. The van der Waals surface area contributed by atoms with E-state index in [-0.39, 0.29) is 0 Å². The second-order valence-corrected chi connectivity index (χ2v) is 7.32. The van der Waals surface area contributed by atoms with Crippen molar-refractivity contribution in [2.45, 2.75) is 46.4 Å². The molecule has 1 aliphatic rings. The van der Waals surface area contributed by atoms with Gasteiger partial charge in [-0.25, -0.2) is 0 Å². The van der Waals surface area contributed by atoms with Gasteiger partial charge in [-0.1, -0.05) is 0 Å². The van der Waals surface area contributed by atoms with Gasteiger partial charge in [0.25, 0.3) is 0 Å². The highest BCUT2D eigenvalue weighted by Gasteiger charge is 2.24. The van der Waals surface area contributed by atoms with Crippen LogP contribution in [-0.4, -0.2) is 63.0 Å². The van der Waals surface area contributed by atoms with E-state index in [9.17, 15) is 5.11 Å². The van der Waals surface area contributed by atoms with Crippen molar-refractivity contribution >= 4 is 15.9 Å². The summed E-state index contributed by atoms with van der Waals surface area (Å²) in [6.07, 6.45) is 0. The molecule has 120 valence electrons. The SMILES string of the molecule is CCn1nc(C)c(Br)c1CN1CCN(CC(C)(C)O)CC1. The Morgan fingerprint density at radius 2 is 1.76 bits per heavy atom. The van der Waals surface area contributed by atoms with E-state index < -0.39 is 5.60 Å². The third-order valence-electron chi connectivity index (χ3n) is 3.90. The predicted molar refractivity (Wildman–Crippen MR) is 88.4 cm³/mol. The minimum Gasteiger partial charge on any atom is -0.389 e. The predicted octanol–water partition coefficient (Wildman–Crippen LogP) is 1.86. The van der Waals surface area contributed by atoms with E-state index in [0.29, 0.717) is 0 Å². The number of piperazine rings is 1. The van der Waals surface area contributed by atoms with Gasteiger partial charge in [0.1, 0.15) is 0 Å². The lowest BCUT2D eigenvalue weighted by atomic mass is 10.1. The smallest absolute Gasteiger partial charge is 0.0739 e.